The van der Waals surface area contributed by atoms with Gasteiger partial charge in [0.2, 0.25) is 0 Å². The molecule has 1 heterocycles. The van der Waals surface area contributed by atoms with Gasteiger partial charge in [-0.15, -0.1) is 0 Å². The average molecular weight is 677 g/mol. The lowest BCUT2D eigenvalue weighted by Gasteiger charge is -2.27. The maximum absolute atomic E-state index is 5.03. The van der Waals surface area contributed by atoms with Gasteiger partial charge in [-0.3, -0.25) is 4.90 Å². The Kier molecular flexibility index (Phi) is 7.66. The van der Waals surface area contributed by atoms with Crippen LogP contribution in [0.4, 0.5) is 17.2 Å². The minimum Gasteiger partial charge on any atom is -0.295 e. The van der Waals surface area contributed by atoms with Gasteiger partial charge in [0.15, 0.2) is 0 Å². The molecule has 1 aliphatic rings. The smallest absolute Gasteiger partial charge is 0.145 e. The van der Waals surface area contributed by atoms with Crippen LogP contribution in [0.3, 0.4) is 0 Å². The van der Waals surface area contributed by atoms with Crippen LogP contribution in [-0.4, -0.2) is 4.98 Å². The molecule has 2 nitrogen and oxygen atoms in total. The summed E-state index contributed by atoms with van der Waals surface area (Å²) in [5.74, 6) is 0.911. The Morgan fingerprint density at radius 2 is 1.11 bits per heavy atom. The van der Waals surface area contributed by atoms with Crippen LogP contribution in [0.5, 0.6) is 0 Å². The van der Waals surface area contributed by atoms with Crippen LogP contribution < -0.4 is 4.90 Å². The van der Waals surface area contributed by atoms with E-state index in [4.69, 9.17) is 4.98 Å². The Hall–Kier alpha value is -6.77. The van der Waals surface area contributed by atoms with E-state index < -0.39 is 0 Å². The molecule has 0 saturated carbocycles. The molecule has 0 N–H and O–H groups in total. The summed E-state index contributed by atoms with van der Waals surface area (Å²) in [7, 11) is 0. The number of aromatic nitrogens is 1. The normalized spacial score (nSPS) is 12.8. The Morgan fingerprint density at radius 3 is 1.87 bits per heavy atom. The molecule has 0 saturated heterocycles. The first kappa shape index (κ1) is 31.0. The quantitative estimate of drug-likeness (QED) is 0.163. The molecule has 0 unspecified atom stereocenters. The van der Waals surface area contributed by atoms with Crippen molar-refractivity contribution in [3.8, 4) is 22.3 Å². The Morgan fingerprint density at radius 1 is 0.453 bits per heavy atom. The average Bonchev–Trinajstić information content (AvgIpc) is 3.24. The highest BCUT2D eigenvalue weighted by molar-refractivity contribution is 6.33. The summed E-state index contributed by atoms with van der Waals surface area (Å²) in [6.45, 7) is 0. The number of anilines is 3. The van der Waals surface area contributed by atoms with Gasteiger partial charge >= 0.3 is 0 Å². The highest BCUT2D eigenvalue weighted by Gasteiger charge is 2.24. The van der Waals surface area contributed by atoms with Crippen LogP contribution in [0.15, 0.2) is 194 Å². The van der Waals surface area contributed by atoms with Crippen molar-refractivity contribution in [1.29, 1.82) is 0 Å². The maximum atomic E-state index is 5.03. The van der Waals surface area contributed by atoms with Crippen molar-refractivity contribution >= 4 is 65.9 Å². The van der Waals surface area contributed by atoms with E-state index in [9.17, 15) is 0 Å². The van der Waals surface area contributed by atoms with Gasteiger partial charge < -0.3 is 0 Å². The SMILES string of the molecule is C1=CC(c2cc(-c3ccccc3)c3c4ccccc4c4cc(N(c5ccccc5)c5nccc6ccccc56)ccc4c3c2-c2ccccc2)=CCC1. The first-order valence-electron chi connectivity index (χ1n) is 18.5. The molecule has 53 heavy (non-hydrogen) atoms. The van der Waals surface area contributed by atoms with Crippen LogP contribution in [0.1, 0.15) is 18.4 Å². The van der Waals surface area contributed by atoms with Gasteiger partial charge in [-0.25, -0.2) is 4.98 Å². The van der Waals surface area contributed by atoms with Gasteiger partial charge in [0.25, 0.3) is 0 Å². The lowest BCUT2D eigenvalue weighted by molar-refractivity contribution is 1.04. The molecule has 0 aliphatic heterocycles. The third-order valence-corrected chi connectivity index (χ3v) is 10.7. The topological polar surface area (TPSA) is 16.1 Å². The first-order valence-corrected chi connectivity index (χ1v) is 18.5. The van der Waals surface area contributed by atoms with Crippen LogP contribution in [0, 0.1) is 0 Å². The van der Waals surface area contributed by atoms with Crippen LogP contribution >= 0.6 is 0 Å². The molecule has 0 amide bonds. The third-order valence-electron chi connectivity index (χ3n) is 10.7. The number of allylic oxidation sites excluding steroid dienone is 4. The summed E-state index contributed by atoms with van der Waals surface area (Å²) in [5, 5.41) is 9.77. The molecule has 1 aliphatic carbocycles. The fourth-order valence-electron chi connectivity index (χ4n) is 8.32. The van der Waals surface area contributed by atoms with Gasteiger partial charge in [0, 0.05) is 23.0 Å². The van der Waals surface area contributed by atoms with Crippen molar-refractivity contribution in [2.45, 2.75) is 12.8 Å². The summed E-state index contributed by atoms with van der Waals surface area (Å²) in [6, 6.07) is 61.6. The molecule has 0 fully saturated rings. The molecule has 0 radical (unpaired) electrons. The summed E-state index contributed by atoms with van der Waals surface area (Å²) in [4.78, 5) is 7.34. The molecule has 8 aromatic carbocycles. The summed E-state index contributed by atoms with van der Waals surface area (Å²) < 4.78 is 0. The van der Waals surface area contributed by atoms with Crippen LogP contribution in [0.25, 0.3) is 70.9 Å². The van der Waals surface area contributed by atoms with Gasteiger partial charge in [0.1, 0.15) is 5.82 Å². The fourth-order valence-corrected chi connectivity index (χ4v) is 8.32. The summed E-state index contributed by atoms with van der Waals surface area (Å²) >= 11 is 0. The number of hydrogen-bond donors (Lipinski definition) is 0. The van der Waals surface area contributed by atoms with Crippen LogP contribution in [0.2, 0.25) is 0 Å². The Balaban J connectivity index is 1.37. The van der Waals surface area contributed by atoms with Crippen molar-refractivity contribution < 1.29 is 0 Å². The minimum atomic E-state index is 0.911. The third kappa shape index (κ3) is 5.30. The first-order chi connectivity index (χ1) is 26.3. The summed E-state index contributed by atoms with van der Waals surface area (Å²) in [6.07, 6.45) is 11.1. The second kappa shape index (κ2) is 13.1. The molecule has 0 bridgehead atoms. The molecule has 0 spiro atoms. The predicted molar refractivity (Wildman–Crippen MR) is 226 cm³/mol. The number of para-hydroxylation sites is 1. The predicted octanol–water partition coefficient (Wildman–Crippen LogP) is 14.2. The van der Waals surface area contributed by atoms with E-state index in [1.54, 1.807) is 0 Å². The summed E-state index contributed by atoms with van der Waals surface area (Å²) in [5.41, 5.74) is 9.65. The number of pyridine rings is 1. The highest BCUT2D eigenvalue weighted by atomic mass is 15.2. The zero-order valence-electron chi connectivity index (χ0n) is 29.3. The van der Waals surface area contributed by atoms with E-state index in [0.29, 0.717) is 0 Å². The molecular weight excluding hydrogens is 641 g/mol. The van der Waals surface area contributed by atoms with Crippen molar-refractivity contribution in [3.05, 3.63) is 200 Å². The number of benzene rings is 8. The van der Waals surface area contributed by atoms with Crippen molar-refractivity contribution in [1.82, 2.24) is 4.98 Å². The van der Waals surface area contributed by atoms with Gasteiger partial charge in [0.05, 0.1) is 0 Å². The Labute approximate surface area is 309 Å². The molecule has 0 atom stereocenters. The lowest BCUT2D eigenvalue weighted by atomic mass is 9.80. The van der Waals surface area contributed by atoms with E-state index in [0.717, 1.165) is 40.8 Å². The number of hydrogen-bond acceptors (Lipinski definition) is 2. The van der Waals surface area contributed by atoms with E-state index in [1.807, 2.05) is 6.20 Å². The van der Waals surface area contributed by atoms with Crippen molar-refractivity contribution in [3.63, 3.8) is 0 Å². The second-order valence-corrected chi connectivity index (χ2v) is 13.8. The molecule has 250 valence electrons. The van der Waals surface area contributed by atoms with Gasteiger partial charge in [-0.2, -0.15) is 0 Å². The fraction of sp³-hybridized carbons (Fsp3) is 0.0392. The van der Waals surface area contributed by atoms with E-state index in [-0.39, 0.29) is 0 Å². The lowest BCUT2D eigenvalue weighted by Crippen LogP contribution is -2.12. The molecule has 1 aromatic heterocycles. The standard InChI is InChI=1S/C51H36N2/c1-5-17-35(18-6-1)45-34-46(36-19-7-2-8-20-36)49-43-28-16-15-27-42(43)47-33-40(29-30-44(47)50(49)48(45)38-22-9-3-10-23-38)53(39-24-11-4-12-25-39)51-41-26-14-13-21-37(41)31-32-52-51/h2-5,7-34H,1,6H2. The monoisotopic (exact) mass is 676 g/mol. The van der Waals surface area contributed by atoms with Crippen molar-refractivity contribution in [2.75, 3.05) is 4.90 Å². The minimum absolute atomic E-state index is 0.911. The number of fused-ring (bicyclic) bond motifs is 7. The van der Waals surface area contributed by atoms with Crippen molar-refractivity contribution in [2.24, 2.45) is 0 Å². The zero-order valence-corrected chi connectivity index (χ0v) is 29.3. The number of nitrogens with zero attached hydrogens (tertiary/aromatic N) is 2. The van der Waals surface area contributed by atoms with E-state index in [1.165, 1.54) is 65.7 Å². The number of rotatable bonds is 6. The second-order valence-electron chi connectivity index (χ2n) is 13.8. The van der Waals surface area contributed by atoms with E-state index >= 15 is 0 Å². The van der Waals surface area contributed by atoms with Gasteiger partial charge in [-0.1, -0.05) is 152 Å². The van der Waals surface area contributed by atoms with E-state index in [2.05, 4.69) is 193 Å². The van der Waals surface area contributed by atoms with Crippen LogP contribution in [-0.2, 0) is 0 Å². The highest BCUT2D eigenvalue weighted by Crippen LogP contribution is 2.49. The van der Waals surface area contributed by atoms with Gasteiger partial charge in [-0.05, 0) is 120 Å². The molecule has 10 rings (SSSR count). The maximum Gasteiger partial charge on any atom is 0.145 e. The largest absolute Gasteiger partial charge is 0.295 e. The zero-order chi connectivity index (χ0) is 35.1. The Bertz CT molecular complexity index is 2870. The molecular formula is C51H36N2. The molecule has 9 aromatic rings. The molecule has 2 heteroatoms.